The minimum atomic E-state index is 0.162. The van der Waals surface area contributed by atoms with Gasteiger partial charge in [-0.15, -0.1) is 11.3 Å². The summed E-state index contributed by atoms with van der Waals surface area (Å²) in [6, 6.07) is 12.1. The van der Waals surface area contributed by atoms with Crippen LogP contribution in [0.2, 0.25) is 0 Å². The summed E-state index contributed by atoms with van der Waals surface area (Å²) in [5, 5.41) is 11.1. The van der Waals surface area contributed by atoms with Gasteiger partial charge in [-0.1, -0.05) is 6.07 Å². The van der Waals surface area contributed by atoms with E-state index in [0.29, 0.717) is 10.3 Å². The molecule has 0 aliphatic carbocycles. The first kappa shape index (κ1) is 12.2. The van der Waals surface area contributed by atoms with Crippen LogP contribution in [0.1, 0.15) is 23.4 Å². The lowest BCUT2D eigenvalue weighted by atomic mass is 10.2. The summed E-state index contributed by atoms with van der Waals surface area (Å²) in [7, 11) is 0. The molecule has 2 heterocycles. The number of imidazole rings is 1. The first-order valence-corrected chi connectivity index (χ1v) is 7.17. The zero-order valence-corrected chi connectivity index (χ0v) is 11.9. The monoisotopic (exact) mass is 285 g/mol. The number of aromatic amines is 1. The minimum Gasteiger partial charge on any atom is -0.331 e. The molecule has 2 aromatic heterocycles. The third kappa shape index (κ3) is 1.99. The number of H-pyrrole nitrogens is 1. The highest BCUT2D eigenvalue weighted by molar-refractivity contribution is 7.71. The van der Waals surface area contributed by atoms with Crippen molar-refractivity contribution in [3.8, 4) is 6.07 Å². The molecular weight excluding hydrogens is 274 g/mol. The van der Waals surface area contributed by atoms with E-state index in [1.807, 2.05) is 18.2 Å². The maximum Gasteiger partial charge on any atom is 0.178 e. The number of fused-ring (bicyclic) bond motifs is 1. The lowest BCUT2D eigenvalue weighted by molar-refractivity contribution is 0.661. The summed E-state index contributed by atoms with van der Waals surface area (Å²) < 4.78 is 2.75. The Hall–Kier alpha value is -1.90. The van der Waals surface area contributed by atoms with Crippen molar-refractivity contribution in [3.05, 3.63) is 50.9 Å². The van der Waals surface area contributed by atoms with Crippen LogP contribution in [0, 0.1) is 16.1 Å². The fourth-order valence-electron chi connectivity index (χ4n) is 2.23. The predicted molar refractivity (Wildman–Crippen MR) is 80.0 cm³/mol. The molecule has 0 bridgehead atoms. The lowest BCUT2D eigenvalue weighted by Crippen LogP contribution is -2.05. The van der Waals surface area contributed by atoms with Crippen LogP contribution < -0.4 is 0 Å². The van der Waals surface area contributed by atoms with Crippen LogP contribution in [0.4, 0.5) is 0 Å². The van der Waals surface area contributed by atoms with Crippen LogP contribution in [0.3, 0.4) is 0 Å². The van der Waals surface area contributed by atoms with E-state index >= 15 is 0 Å². The molecule has 0 radical (unpaired) electrons. The van der Waals surface area contributed by atoms with Crippen molar-refractivity contribution in [1.29, 1.82) is 5.26 Å². The molecule has 1 atom stereocenters. The van der Waals surface area contributed by atoms with Gasteiger partial charge in [0.25, 0.3) is 0 Å². The number of thiophene rings is 1. The number of nitrogens with one attached hydrogen (secondary N) is 1. The molecule has 0 saturated heterocycles. The Balaban J connectivity index is 2.25. The average Bonchev–Trinajstić information content (AvgIpc) is 3.03. The molecule has 1 N–H and O–H groups in total. The van der Waals surface area contributed by atoms with Crippen LogP contribution in [0.15, 0.2) is 35.7 Å². The van der Waals surface area contributed by atoms with Gasteiger partial charge in [-0.2, -0.15) is 5.26 Å². The normalized spacial score (nSPS) is 12.4. The minimum absolute atomic E-state index is 0.162. The smallest absolute Gasteiger partial charge is 0.178 e. The molecular formula is C14H11N3S2. The molecule has 5 heteroatoms. The van der Waals surface area contributed by atoms with Gasteiger partial charge in [0.05, 0.1) is 28.7 Å². The molecule has 0 aliphatic heterocycles. The summed E-state index contributed by atoms with van der Waals surface area (Å²) >= 11 is 7.12. The van der Waals surface area contributed by atoms with Gasteiger partial charge in [-0.05, 0) is 48.8 Å². The molecule has 3 rings (SSSR count). The van der Waals surface area contributed by atoms with E-state index in [2.05, 4.69) is 34.0 Å². The summed E-state index contributed by atoms with van der Waals surface area (Å²) in [5.74, 6) is 0. The number of hydrogen-bond acceptors (Lipinski definition) is 3. The highest BCUT2D eigenvalue weighted by Crippen LogP contribution is 2.27. The predicted octanol–water partition coefficient (Wildman–Crippen LogP) is 4.24. The van der Waals surface area contributed by atoms with Crippen molar-refractivity contribution in [2.24, 2.45) is 0 Å². The Morgan fingerprint density at radius 2 is 2.26 bits per heavy atom. The molecule has 94 valence electrons. The summed E-state index contributed by atoms with van der Waals surface area (Å²) in [5.41, 5.74) is 2.59. The zero-order valence-electron chi connectivity index (χ0n) is 10.3. The number of hydrogen-bond donors (Lipinski definition) is 1. The number of aromatic nitrogens is 2. The highest BCUT2D eigenvalue weighted by Gasteiger charge is 2.14. The Labute approximate surface area is 119 Å². The van der Waals surface area contributed by atoms with E-state index in [0.717, 1.165) is 11.0 Å². The summed E-state index contributed by atoms with van der Waals surface area (Å²) in [6.45, 7) is 2.12. The Kier molecular flexibility index (Phi) is 2.97. The second kappa shape index (κ2) is 4.65. The van der Waals surface area contributed by atoms with Crippen molar-refractivity contribution in [3.63, 3.8) is 0 Å². The average molecular weight is 285 g/mol. The molecule has 3 nitrogen and oxygen atoms in total. The number of rotatable bonds is 2. The van der Waals surface area contributed by atoms with E-state index in [9.17, 15) is 0 Å². The van der Waals surface area contributed by atoms with Crippen LogP contribution >= 0.6 is 23.6 Å². The van der Waals surface area contributed by atoms with Crippen molar-refractivity contribution in [1.82, 2.24) is 9.55 Å². The molecule has 0 aliphatic rings. The van der Waals surface area contributed by atoms with Crippen molar-refractivity contribution in [2.45, 2.75) is 13.0 Å². The molecule has 0 spiro atoms. The van der Waals surface area contributed by atoms with Crippen molar-refractivity contribution < 1.29 is 0 Å². The summed E-state index contributed by atoms with van der Waals surface area (Å²) in [4.78, 5) is 4.44. The second-order valence-electron chi connectivity index (χ2n) is 4.34. The van der Waals surface area contributed by atoms with Crippen molar-refractivity contribution >= 4 is 34.6 Å². The molecule has 0 amide bonds. The van der Waals surface area contributed by atoms with E-state index < -0.39 is 0 Å². The number of benzene rings is 1. The zero-order chi connectivity index (χ0) is 13.4. The molecule has 0 fully saturated rings. The fourth-order valence-corrected chi connectivity index (χ4v) is 3.37. The van der Waals surface area contributed by atoms with Gasteiger partial charge in [0.1, 0.15) is 0 Å². The van der Waals surface area contributed by atoms with Crippen LogP contribution in [0.25, 0.3) is 11.0 Å². The van der Waals surface area contributed by atoms with E-state index in [1.54, 1.807) is 17.4 Å². The number of nitrogens with zero attached hydrogens (tertiary/aromatic N) is 2. The van der Waals surface area contributed by atoms with Gasteiger partial charge < -0.3 is 9.55 Å². The molecule has 0 saturated carbocycles. The van der Waals surface area contributed by atoms with E-state index in [1.165, 1.54) is 4.88 Å². The molecule has 3 aromatic rings. The maximum atomic E-state index is 9.02. The number of nitriles is 1. The Morgan fingerprint density at radius 3 is 2.95 bits per heavy atom. The third-order valence-corrected chi connectivity index (χ3v) is 4.53. The second-order valence-corrected chi connectivity index (χ2v) is 5.70. The lowest BCUT2D eigenvalue weighted by Gasteiger charge is -2.12. The standard InChI is InChI=1S/C14H11N3S2/c1-9(13-3-2-6-19-13)17-12-7-10(8-15)4-5-11(12)16-14(17)18/h2-7,9H,1H3,(H,16,18). The topological polar surface area (TPSA) is 44.5 Å². The molecule has 1 aromatic carbocycles. The highest BCUT2D eigenvalue weighted by atomic mass is 32.1. The Bertz CT molecular complexity index is 819. The SMILES string of the molecule is CC(c1cccs1)n1c(=S)[nH]c2ccc(C#N)cc21. The van der Waals surface area contributed by atoms with Gasteiger partial charge in [0, 0.05) is 4.88 Å². The van der Waals surface area contributed by atoms with Crippen molar-refractivity contribution in [2.75, 3.05) is 0 Å². The fraction of sp³-hybridized carbons (Fsp3) is 0.143. The van der Waals surface area contributed by atoms with Crippen LogP contribution in [-0.2, 0) is 0 Å². The Morgan fingerprint density at radius 1 is 1.42 bits per heavy atom. The first-order chi connectivity index (χ1) is 9.20. The van der Waals surface area contributed by atoms with E-state index in [4.69, 9.17) is 17.5 Å². The third-order valence-electron chi connectivity index (χ3n) is 3.19. The largest absolute Gasteiger partial charge is 0.331 e. The van der Waals surface area contributed by atoms with Crippen LogP contribution in [0.5, 0.6) is 0 Å². The van der Waals surface area contributed by atoms with Gasteiger partial charge in [-0.3, -0.25) is 0 Å². The van der Waals surface area contributed by atoms with Gasteiger partial charge >= 0.3 is 0 Å². The molecule has 1 unspecified atom stereocenters. The van der Waals surface area contributed by atoms with Gasteiger partial charge in [0.15, 0.2) is 4.77 Å². The quantitative estimate of drug-likeness (QED) is 0.716. The summed E-state index contributed by atoms with van der Waals surface area (Å²) in [6.07, 6.45) is 0. The van der Waals surface area contributed by atoms with Gasteiger partial charge in [-0.25, -0.2) is 0 Å². The van der Waals surface area contributed by atoms with Crippen LogP contribution in [-0.4, -0.2) is 9.55 Å². The van der Waals surface area contributed by atoms with Gasteiger partial charge in [0.2, 0.25) is 0 Å². The maximum absolute atomic E-state index is 9.02. The van der Waals surface area contributed by atoms with E-state index in [-0.39, 0.29) is 6.04 Å². The molecule has 19 heavy (non-hydrogen) atoms. The first-order valence-electron chi connectivity index (χ1n) is 5.88.